The van der Waals surface area contributed by atoms with Gasteiger partial charge in [-0.05, 0) is 74.9 Å². The molecule has 1 atom stereocenters. The van der Waals surface area contributed by atoms with Gasteiger partial charge in [0.1, 0.15) is 0 Å². The number of thiazole rings is 1. The number of fused-ring (bicyclic) bond motifs is 1. The molecule has 2 aromatic heterocycles. The summed E-state index contributed by atoms with van der Waals surface area (Å²) in [6, 6.07) is 8.30. The van der Waals surface area contributed by atoms with Crippen molar-refractivity contribution in [2.45, 2.75) is 43.8 Å². The van der Waals surface area contributed by atoms with Gasteiger partial charge in [-0.25, -0.2) is 14.8 Å². The normalized spacial score (nSPS) is 14.4. The first kappa shape index (κ1) is 33.8. The number of benzene rings is 2. The topological polar surface area (TPSA) is 168 Å². The van der Waals surface area contributed by atoms with Gasteiger partial charge in [0.05, 0.1) is 52.0 Å². The van der Waals surface area contributed by atoms with Crippen LogP contribution in [0.25, 0.3) is 6.08 Å². The number of esters is 1. The molecule has 1 aliphatic rings. The van der Waals surface area contributed by atoms with E-state index < -0.39 is 22.5 Å². The molecule has 0 saturated heterocycles. The lowest BCUT2D eigenvalue weighted by molar-refractivity contribution is -0.387. The van der Waals surface area contributed by atoms with Crippen molar-refractivity contribution >= 4 is 56.8 Å². The number of carbonyl (C=O) groups is 1. The maximum absolute atomic E-state index is 14.1. The summed E-state index contributed by atoms with van der Waals surface area (Å²) in [5, 5.41) is 12.3. The van der Waals surface area contributed by atoms with Gasteiger partial charge in [-0.2, -0.15) is 0 Å². The molecular formula is C31H28BrN5O8S2. The number of carbonyl (C=O) groups excluding carboxylic acids is 1. The highest BCUT2D eigenvalue weighted by Crippen LogP contribution is 2.41. The third-order valence-corrected chi connectivity index (χ3v) is 9.55. The van der Waals surface area contributed by atoms with Crippen LogP contribution < -0.4 is 29.9 Å². The molecular weight excluding hydrogens is 714 g/mol. The zero-order valence-electron chi connectivity index (χ0n) is 25.8. The number of nitrogens with one attached hydrogen (secondary N) is 1. The lowest BCUT2D eigenvalue weighted by atomic mass is 9.95. The van der Waals surface area contributed by atoms with E-state index in [4.69, 9.17) is 14.2 Å². The van der Waals surface area contributed by atoms with Crippen molar-refractivity contribution in [3.05, 3.63) is 109 Å². The van der Waals surface area contributed by atoms with E-state index in [2.05, 4.69) is 30.9 Å². The Kier molecular flexibility index (Phi) is 10.1. The van der Waals surface area contributed by atoms with Crippen LogP contribution >= 0.6 is 39.0 Å². The lowest BCUT2D eigenvalue weighted by Gasteiger charge is -2.26. The maximum atomic E-state index is 14.1. The Morgan fingerprint density at radius 1 is 1.17 bits per heavy atom. The fourth-order valence-corrected chi connectivity index (χ4v) is 7.49. The van der Waals surface area contributed by atoms with Crippen LogP contribution in [0.3, 0.4) is 0 Å². The average Bonchev–Trinajstić information content (AvgIpc) is 3.31. The molecule has 0 saturated carbocycles. The molecule has 1 N–H and O–H groups in total. The standard InChI is InChI=1S/C31H28BrN5O8S2/c1-6-44-22-13-18(19(32)14-21(22)43-5)27-26(29(40)45-7-2)16(4)34-31-36(27)28(39)24(47-31)12-17-8-9-23(20(11-17)37(41)42)46-30-33-15(3)10-25(38)35-30/h8-14,27H,6-7H2,1-5H3,(H,33,35,38)/b24-12+/t27-/m0/s1. The Balaban J connectivity index is 1.67. The first-order valence-corrected chi connectivity index (χ1v) is 16.6. The molecule has 0 amide bonds. The zero-order valence-corrected chi connectivity index (χ0v) is 29.0. The predicted octanol–water partition coefficient (Wildman–Crippen LogP) is 4.42. The number of ether oxygens (including phenoxy) is 3. The number of hydrogen-bond donors (Lipinski definition) is 1. The fourth-order valence-electron chi connectivity index (χ4n) is 4.98. The molecule has 2 aromatic carbocycles. The Labute approximate surface area is 283 Å². The summed E-state index contributed by atoms with van der Waals surface area (Å²) < 4.78 is 18.9. The minimum atomic E-state index is -0.941. The van der Waals surface area contributed by atoms with Crippen LogP contribution in [-0.2, 0) is 9.53 Å². The van der Waals surface area contributed by atoms with Crippen LogP contribution in [-0.4, -0.2) is 45.8 Å². The number of nitrogens with zero attached hydrogens (tertiary/aromatic N) is 4. The molecule has 1 aliphatic heterocycles. The number of aromatic amines is 1. The third-order valence-electron chi connectivity index (χ3n) is 6.93. The first-order chi connectivity index (χ1) is 22.4. The van der Waals surface area contributed by atoms with Crippen molar-refractivity contribution in [2.75, 3.05) is 20.3 Å². The summed E-state index contributed by atoms with van der Waals surface area (Å²) in [4.78, 5) is 62.8. The Morgan fingerprint density at radius 3 is 2.60 bits per heavy atom. The minimum absolute atomic E-state index is 0.115. The van der Waals surface area contributed by atoms with Crippen LogP contribution in [0.5, 0.6) is 11.5 Å². The molecule has 47 heavy (non-hydrogen) atoms. The average molecular weight is 743 g/mol. The number of methoxy groups -OCH3 is 1. The number of aromatic nitrogens is 3. The number of aryl methyl sites for hydroxylation is 1. The molecule has 0 fully saturated rings. The Morgan fingerprint density at radius 2 is 1.94 bits per heavy atom. The van der Waals surface area contributed by atoms with Crippen LogP contribution in [0.4, 0.5) is 5.69 Å². The van der Waals surface area contributed by atoms with Crippen molar-refractivity contribution in [3.63, 3.8) is 0 Å². The van der Waals surface area contributed by atoms with Crippen molar-refractivity contribution in [3.8, 4) is 11.5 Å². The van der Waals surface area contributed by atoms with E-state index in [1.807, 2.05) is 6.92 Å². The largest absolute Gasteiger partial charge is 0.493 e. The van der Waals surface area contributed by atoms with Crippen LogP contribution in [0.2, 0.25) is 0 Å². The van der Waals surface area contributed by atoms with E-state index in [0.717, 1.165) is 23.1 Å². The van der Waals surface area contributed by atoms with Gasteiger partial charge in [0.15, 0.2) is 21.5 Å². The first-order valence-electron chi connectivity index (χ1n) is 14.2. The maximum Gasteiger partial charge on any atom is 0.338 e. The summed E-state index contributed by atoms with van der Waals surface area (Å²) in [6.07, 6.45) is 1.53. The summed E-state index contributed by atoms with van der Waals surface area (Å²) in [5.74, 6) is 0.256. The van der Waals surface area contributed by atoms with E-state index in [-0.39, 0.29) is 38.0 Å². The Hall–Kier alpha value is -4.54. The molecule has 244 valence electrons. The summed E-state index contributed by atoms with van der Waals surface area (Å²) in [6.45, 7) is 7.31. The molecule has 0 radical (unpaired) electrons. The molecule has 5 rings (SSSR count). The zero-order chi connectivity index (χ0) is 34.0. The summed E-state index contributed by atoms with van der Waals surface area (Å²) in [7, 11) is 1.51. The second kappa shape index (κ2) is 14.1. The Bertz CT molecular complexity index is 2190. The van der Waals surface area contributed by atoms with Crippen LogP contribution in [0.15, 0.2) is 76.8 Å². The van der Waals surface area contributed by atoms with E-state index in [1.165, 1.54) is 36.0 Å². The van der Waals surface area contributed by atoms with Gasteiger partial charge in [0.25, 0.3) is 16.8 Å². The predicted molar refractivity (Wildman–Crippen MR) is 179 cm³/mol. The van der Waals surface area contributed by atoms with Gasteiger partial charge in [-0.3, -0.25) is 24.3 Å². The van der Waals surface area contributed by atoms with E-state index in [0.29, 0.717) is 49.9 Å². The number of nitro benzene ring substituents is 1. The molecule has 4 aromatic rings. The smallest absolute Gasteiger partial charge is 0.338 e. The number of rotatable bonds is 10. The van der Waals surface area contributed by atoms with E-state index >= 15 is 0 Å². The second-order valence-electron chi connectivity index (χ2n) is 10.0. The number of nitro groups is 1. The van der Waals surface area contributed by atoms with E-state index in [9.17, 15) is 24.5 Å². The third kappa shape index (κ3) is 6.94. The second-order valence-corrected chi connectivity index (χ2v) is 12.9. The lowest BCUT2D eigenvalue weighted by Crippen LogP contribution is -2.40. The van der Waals surface area contributed by atoms with E-state index in [1.54, 1.807) is 39.0 Å². The SMILES string of the molecule is CCOC(=O)C1=C(C)N=c2s/c(=C/c3ccc(Sc4nc(C)cc(=O)[nH]4)c([N+](=O)[O-])c3)c(=O)n2[C@H]1c1cc(OCC)c(OC)cc1Br. The molecule has 13 nitrogen and oxygen atoms in total. The van der Waals surface area contributed by atoms with Gasteiger partial charge in [0.2, 0.25) is 0 Å². The highest BCUT2D eigenvalue weighted by atomic mass is 79.9. The minimum Gasteiger partial charge on any atom is -0.493 e. The van der Waals surface area contributed by atoms with Gasteiger partial charge in [-0.1, -0.05) is 33.3 Å². The van der Waals surface area contributed by atoms with Crippen molar-refractivity contribution in [1.82, 2.24) is 14.5 Å². The number of halogens is 1. The highest BCUT2D eigenvalue weighted by Gasteiger charge is 2.35. The summed E-state index contributed by atoms with van der Waals surface area (Å²) in [5.41, 5.74) is 0.895. The number of hydrogen-bond acceptors (Lipinski definition) is 12. The molecule has 0 aliphatic carbocycles. The molecule has 0 spiro atoms. The fraction of sp³-hybridized carbons (Fsp3) is 0.258. The molecule has 3 heterocycles. The van der Waals surface area contributed by atoms with Crippen LogP contribution in [0, 0.1) is 17.0 Å². The monoisotopic (exact) mass is 741 g/mol. The molecule has 0 unspecified atom stereocenters. The van der Waals surface area contributed by atoms with Crippen molar-refractivity contribution in [2.24, 2.45) is 4.99 Å². The molecule has 0 bridgehead atoms. The van der Waals surface area contributed by atoms with Crippen LogP contribution in [0.1, 0.15) is 43.6 Å². The van der Waals surface area contributed by atoms with Crippen molar-refractivity contribution < 1.29 is 23.9 Å². The molecule has 16 heteroatoms. The number of H-pyrrole nitrogens is 1. The van der Waals surface area contributed by atoms with Crippen molar-refractivity contribution in [1.29, 1.82) is 0 Å². The summed E-state index contributed by atoms with van der Waals surface area (Å²) >= 11 is 5.63. The van der Waals surface area contributed by atoms with Gasteiger partial charge in [-0.15, -0.1) is 0 Å². The van der Waals surface area contributed by atoms with Gasteiger partial charge < -0.3 is 19.2 Å². The quantitative estimate of drug-likeness (QED) is 0.106. The highest BCUT2D eigenvalue weighted by molar-refractivity contribution is 9.10. The van der Waals surface area contributed by atoms with Gasteiger partial charge in [0, 0.05) is 22.3 Å². The van der Waals surface area contributed by atoms with Gasteiger partial charge >= 0.3 is 5.97 Å². The number of allylic oxidation sites excluding steroid dienone is 1.